The molecule has 7 heteroatoms. The van der Waals surface area contributed by atoms with Gasteiger partial charge >= 0.3 is 0 Å². The highest BCUT2D eigenvalue weighted by Gasteiger charge is 2.05. The Hall–Kier alpha value is -3.38. The summed E-state index contributed by atoms with van der Waals surface area (Å²) in [5.41, 5.74) is 5.80. The van der Waals surface area contributed by atoms with Crippen LogP contribution in [-0.2, 0) is 13.2 Å². The van der Waals surface area contributed by atoms with Crippen molar-refractivity contribution < 1.29 is 9.66 Å². The average Bonchev–Trinajstić information content (AvgIpc) is 2.72. The van der Waals surface area contributed by atoms with Crippen molar-refractivity contribution in [1.82, 2.24) is 5.43 Å². The van der Waals surface area contributed by atoms with E-state index in [1.54, 1.807) is 18.3 Å². The Labute approximate surface area is 167 Å². The SMILES string of the molecule is O=[N+]([O-])c1ccc(COc2ccccc2/C=N\NCc2ccc(Cl)cc2)cc1. The number of nitrogens with zero attached hydrogens (tertiary/aromatic N) is 2. The summed E-state index contributed by atoms with van der Waals surface area (Å²) in [4.78, 5) is 10.3. The zero-order chi connectivity index (χ0) is 19.8. The number of hydrogen-bond acceptors (Lipinski definition) is 5. The predicted octanol–water partition coefficient (Wildman–Crippen LogP) is 4.95. The van der Waals surface area contributed by atoms with E-state index in [0.717, 1.165) is 16.7 Å². The average molecular weight is 396 g/mol. The predicted molar refractivity (Wildman–Crippen MR) is 110 cm³/mol. The number of nitro benzene ring substituents is 1. The number of halogens is 1. The Kier molecular flexibility index (Phi) is 6.59. The van der Waals surface area contributed by atoms with Gasteiger partial charge in [-0.25, -0.2) is 0 Å². The summed E-state index contributed by atoms with van der Waals surface area (Å²) >= 11 is 5.87. The molecule has 0 radical (unpaired) electrons. The molecule has 0 unspecified atom stereocenters. The lowest BCUT2D eigenvalue weighted by Crippen LogP contribution is -2.06. The van der Waals surface area contributed by atoms with E-state index in [1.165, 1.54) is 12.1 Å². The minimum atomic E-state index is -0.423. The fraction of sp³-hybridized carbons (Fsp3) is 0.0952. The van der Waals surface area contributed by atoms with E-state index in [-0.39, 0.29) is 5.69 Å². The summed E-state index contributed by atoms with van der Waals surface area (Å²) in [5.74, 6) is 0.679. The maximum atomic E-state index is 10.7. The number of para-hydroxylation sites is 1. The van der Waals surface area contributed by atoms with Gasteiger partial charge in [-0.05, 0) is 47.5 Å². The number of non-ortho nitro benzene ring substituents is 1. The molecule has 0 heterocycles. The molecule has 0 aromatic heterocycles. The van der Waals surface area contributed by atoms with Crippen LogP contribution >= 0.6 is 11.6 Å². The molecule has 0 bridgehead atoms. The minimum Gasteiger partial charge on any atom is -0.488 e. The Bertz CT molecular complexity index is 957. The first-order chi connectivity index (χ1) is 13.6. The van der Waals surface area contributed by atoms with Crippen molar-refractivity contribution in [3.8, 4) is 5.75 Å². The molecule has 0 saturated carbocycles. The molecule has 0 aliphatic carbocycles. The van der Waals surface area contributed by atoms with Gasteiger partial charge in [-0.1, -0.05) is 35.9 Å². The van der Waals surface area contributed by atoms with Gasteiger partial charge in [0.05, 0.1) is 17.7 Å². The molecule has 6 nitrogen and oxygen atoms in total. The van der Waals surface area contributed by atoms with E-state index >= 15 is 0 Å². The van der Waals surface area contributed by atoms with Gasteiger partial charge in [0, 0.05) is 22.7 Å². The van der Waals surface area contributed by atoms with Crippen LogP contribution in [-0.4, -0.2) is 11.1 Å². The minimum absolute atomic E-state index is 0.0584. The lowest BCUT2D eigenvalue weighted by molar-refractivity contribution is -0.384. The van der Waals surface area contributed by atoms with E-state index in [2.05, 4.69) is 10.5 Å². The van der Waals surface area contributed by atoms with Crippen LogP contribution in [0, 0.1) is 10.1 Å². The second-order valence-electron chi connectivity index (χ2n) is 5.97. The number of nitro groups is 1. The summed E-state index contributed by atoms with van der Waals surface area (Å²) in [5, 5.41) is 15.7. The normalized spacial score (nSPS) is 10.8. The van der Waals surface area contributed by atoms with Crippen molar-refractivity contribution in [3.05, 3.63) is 105 Å². The van der Waals surface area contributed by atoms with Crippen LogP contribution in [0.5, 0.6) is 5.75 Å². The molecule has 0 atom stereocenters. The van der Waals surface area contributed by atoms with Crippen LogP contribution in [0.2, 0.25) is 5.02 Å². The smallest absolute Gasteiger partial charge is 0.269 e. The first-order valence-electron chi connectivity index (χ1n) is 8.57. The molecule has 0 aliphatic heterocycles. The van der Waals surface area contributed by atoms with Gasteiger partial charge in [-0.15, -0.1) is 0 Å². The van der Waals surface area contributed by atoms with Crippen LogP contribution in [0.3, 0.4) is 0 Å². The number of hydrogen-bond donors (Lipinski definition) is 1. The molecule has 0 amide bonds. The largest absolute Gasteiger partial charge is 0.488 e. The van der Waals surface area contributed by atoms with E-state index in [4.69, 9.17) is 16.3 Å². The third-order valence-corrected chi connectivity index (χ3v) is 4.20. The zero-order valence-electron chi connectivity index (χ0n) is 14.9. The highest BCUT2D eigenvalue weighted by atomic mass is 35.5. The number of hydrazone groups is 1. The Balaban J connectivity index is 1.57. The Morgan fingerprint density at radius 1 is 1.00 bits per heavy atom. The summed E-state index contributed by atoms with van der Waals surface area (Å²) < 4.78 is 5.85. The number of rotatable bonds is 8. The molecule has 142 valence electrons. The van der Waals surface area contributed by atoms with Crippen LogP contribution in [0.25, 0.3) is 0 Å². The molecule has 28 heavy (non-hydrogen) atoms. The Morgan fingerprint density at radius 3 is 2.39 bits per heavy atom. The quantitative estimate of drug-likeness (QED) is 0.332. The van der Waals surface area contributed by atoms with Crippen molar-refractivity contribution in [3.63, 3.8) is 0 Å². The first-order valence-corrected chi connectivity index (χ1v) is 8.95. The highest BCUT2D eigenvalue weighted by Crippen LogP contribution is 2.19. The second kappa shape index (κ2) is 9.53. The van der Waals surface area contributed by atoms with Crippen molar-refractivity contribution in [2.75, 3.05) is 0 Å². The topological polar surface area (TPSA) is 76.8 Å². The molecule has 0 aliphatic rings. The monoisotopic (exact) mass is 395 g/mol. The molecule has 3 aromatic carbocycles. The lowest BCUT2D eigenvalue weighted by Gasteiger charge is -2.09. The van der Waals surface area contributed by atoms with Crippen molar-refractivity contribution in [2.45, 2.75) is 13.2 Å². The van der Waals surface area contributed by atoms with E-state index in [0.29, 0.717) is 23.9 Å². The second-order valence-corrected chi connectivity index (χ2v) is 6.41. The van der Waals surface area contributed by atoms with Crippen LogP contribution in [0.15, 0.2) is 77.9 Å². The van der Waals surface area contributed by atoms with Crippen LogP contribution < -0.4 is 10.2 Å². The van der Waals surface area contributed by atoms with Gasteiger partial charge in [0.15, 0.2) is 0 Å². The number of nitrogens with one attached hydrogen (secondary N) is 1. The third kappa shape index (κ3) is 5.56. The van der Waals surface area contributed by atoms with Gasteiger partial charge < -0.3 is 10.2 Å². The van der Waals surface area contributed by atoms with E-state index in [1.807, 2.05) is 48.5 Å². The standard InChI is InChI=1S/C21H18ClN3O3/c22-19-9-5-16(6-10-19)13-23-24-14-18-3-1-2-4-21(18)28-15-17-7-11-20(12-8-17)25(26)27/h1-12,14,23H,13,15H2/b24-14-. The summed E-state index contributed by atoms with van der Waals surface area (Å²) in [6.45, 7) is 0.889. The maximum absolute atomic E-state index is 10.7. The molecule has 1 N–H and O–H groups in total. The van der Waals surface area contributed by atoms with Crippen molar-refractivity contribution in [2.24, 2.45) is 5.10 Å². The summed E-state index contributed by atoms with van der Waals surface area (Å²) in [6.07, 6.45) is 1.70. The molecule has 3 aromatic rings. The first kappa shape index (κ1) is 19.4. The van der Waals surface area contributed by atoms with Gasteiger partial charge in [-0.3, -0.25) is 10.1 Å². The summed E-state index contributed by atoms with van der Waals surface area (Å²) in [6, 6.07) is 21.4. The molecule has 3 rings (SSSR count). The van der Waals surface area contributed by atoms with Crippen LogP contribution in [0.1, 0.15) is 16.7 Å². The van der Waals surface area contributed by atoms with Gasteiger partial charge in [0.2, 0.25) is 0 Å². The molecule has 0 saturated heterocycles. The van der Waals surface area contributed by atoms with Gasteiger partial charge in [-0.2, -0.15) is 5.10 Å². The molecule has 0 spiro atoms. The van der Waals surface area contributed by atoms with E-state index in [9.17, 15) is 10.1 Å². The molecular weight excluding hydrogens is 378 g/mol. The number of ether oxygens (including phenoxy) is 1. The third-order valence-electron chi connectivity index (χ3n) is 3.95. The zero-order valence-corrected chi connectivity index (χ0v) is 15.7. The molecule has 0 fully saturated rings. The maximum Gasteiger partial charge on any atom is 0.269 e. The van der Waals surface area contributed by atoms with Crippen molar-refractivity contribution in [1.29, 1.82) is 0 Å². The van der Waals surface area contributed by atoms with Crippen LogP contribution in [0.4, 0.5) is 5.69 Å². The lowest BCUT2D eigenvalue weighted by atomic mass is 10.2. The van der Waals surface area contributed by atoms with Gasteiger partial charge in [0.25, 0.3) is 5.69 Å². The molecular formula is C21H18ClN3O3. The highest BCUT2D eigenvalue weighted by molar-refractivity contribution is 6.30. The fourth-order valence-corrected chi connectivity index (χ4v) is 2.57. The van der Waals surface area contributed by atoms with E-state index < -0.39 is 4.92 Å². The number of benzene rings is 3. The fourth-order valence-electron chi connectivity index (χ4n) is 2.45. The van der Waals surface area contributed by atoms with Gasteiger partial charge in [0.1, 0.15) is 12.4 Å². The Morgan fingerprint density at radius 2 is 1.68 bits per heavy atom. The van der Waals surface area contributed by atoms with Crippen molar-refractivity contribution >= 4 is 23.5 Å². The summed E-state index contributed by atoms with van der Waals surface area (Å²) in [7, 11) is 0.